The predicted molar refractivity (Wildman–Crippen MR) is 37.1 cm³/mol. The van der Waals surface area contributed by atoms with Crippen LogP contribution >= 0.6 is 0 Å². The first kappa shape index (κ1) is 8.66. The molecule has 2 nitrogen and oxygen atoms in total. The maximum atomic E-state index is 8.69. The quantitative estimate of drug-likeness (QED) is 0.501. The van der Waals surface area contributed by atoms with Crippen LogP contribution in [0.4, 0.5) is 0 Å². The Morgan fingerprint density at radius 2 is 2.00 bits per heavy atom. The lowest BCUT2D eigenvalue weighted by atomic mass is 10.2. The number of aliphatic hydroxyl groups excluding tert-OH is 1. The highest BCUT2D eigenvalue weighted by Gasteiger charge is 2.07. The second-order valence-electron chi connectivity index (χ2n) is 1.82. The smallest absolute Gasteiger partial charge is 0.154 e. The summed E-state index contributed by atoms with van der Waals surface area (Å²) in [5.74, 6) is 0. The van der Waals surface area contributed by atoms with Gasteiger partial charge in [0.05, 0.1) is 0 Å². The van der Waals surface area contributed by atoms with Crippen LogP contribution in [0.1, 0.15) is 19.3 Å². The monoisotopic (exact) mass is 130 g/mol. The average Bonchev–Trinajstić information content (AvgIpc) is 1.94. The van der Waals surface area contributed by atoms with Crippen molar-refractivity contribution in [3.05, 3.63) is 13.2 Å². The molecular weight excluding hydrogens is 116 g/mol. The molecule has 0 aromatic rings. The highest BCUT2D eigenvalue weighted by molar-refractivity contribution is 4.50. The zero-order valence-corrected chi connectivity index (χ0v) is 5.68. The van der Waals surface area contributed by atoms with Crippen molar-refractivity contribution in [2.45, 2.75) is 25.6 Å². The van der Waals surface area contributed by atoms with Gasteiger partial charge in [-0.15, -0.1) is 13.2 Å². The van der Waals surface area contributed by atoms with E-state index in [4.69, 9.17) is 9.84 Å². The summed E-state index contributed by atoms with van der Waals surface area (Å²) in [5.41, 5.74) is 0. The fourth-order valence-corrected chi connectivity index (χ4v) is 0.724. The molecule has 0 aromatic carbocycles. The Morgan fingerprint density at radius 1 is 1.33 bits per heavy atom. The zero-order chi connectivity index (χ0) is 7.11. The molecule has 0 spiro atoms. The van der Waals surface area contributed by atoms with Crippen LogP contribution in [0.3, 0.4) is 0 Å². The fraction of sp³-hybridized carbons (Fsp3) is 0.714. The molecule has 1 N–H and O–H groups in total. The van der Waals surface area contributed by atoms with E-state index < -0.39 is 6.29 Å². The third-order valence-electron chi connectivity index (χ3n) is 1.16. The molecule has 1 aliphatic rings. The van der Waals surface area contributed by atoms with Crippen LogP contribution in [0.25, 0.3) is 0 Å². The van der Waals surface area contributed by atoms with Crippen molar-refractivity contribution in [3.63, 3.8) is 0 Å². The summed E-state index contributed by atoms with van der Waals surface area (Å²) in [4.78, 5) is 0. The second kappa shape index (κ2) is 5.79. The van der Waals surface area contributed by atoms with E-state index in [-0.39, 0.29) is 0 Å². The Hall–Kier alpha value is -0.340. The number of ether oxygens (including phenoxy) is 1. The predicted octanol–water partition coefficient (Wildman–Crippen LogP) is 1.31. The molecule has 0 amide bonds. The molecule has 1 fully saturated rings. The van der Waals surface area contributed by atoms with Crippen LogP contribution in [-0.2, 0) is 4.74 Å². The van der Waals surface area contributed by atoms with Gasteiger partial charge in [-0.1, -0.05) is 0 Å². The van der Waals surface area contributed by atoms with Crippen molar-refractivity contribution < 1.29 is 9.84 Å². The number of hydrogen-bond donors (Lipinski definition) is 1. The normalized spacial score (nSPS) is 26.1. The first-order valence-electron chi connectivity index (χ1n) is 3.19. The van der Waals surface area contributed by atoms with Crippen LogP contribution in [0.5, 0.6) is 0 Å². The molecule has 1 aliphatic heterocycles. The highest BCUT2D eigenvalue weighted by atomic mass is 16.6. The maximum absolute atomic E-state index is 8.69. The van der Waals surface area contributed by atoms with Crippen LogP contribution < -0.4 is 0 Å². The number of rotatable bonds is 0. The molecule has 1 saturated heterocycles. The van der Waals surface area contributed by atoms with Crippen molar-refractivity contribution in [3.8, 4) is 0 Å². The summed E-state index contributed by atoms with van der Waals surface area (Å²) >= 11 is 0. The van der Waals surface area contributed by atoms with Crippen LogP contribution in [0, 0.1) is 0 Å². The lowest BCUT2D eigenvalue weighted by Gasteiger charge is -2.16. The van der Waals surface area contributed by atoms with E-state index in [0.29, 0.717) is 0 Å². The molecule has 0 bridgehead atoms. The number of aliphatic hydroxyl groups is 1. The third-order valence-corrected chi connectivity index (χ3v) is 1.16. The summed E-state index contributed by atoms with van der Waals surface area (Å²) < 4.78 is 4.83. The van der Waals surface area contributed by atoms with E-state index in [9.17, 15) is 0 Å². The molecular formula is C7H14O2. The molecule has 54 valence electrons. The standard InChI is InChI=1S/C5H10O2.C2H4/c6-5-3-1-2-4-7-5;1-2/h5-6H,1-4H2;1-2H2/t5-;/m0./s1. The highest BCUT2D eigenvalue weighted by Crippen LogP contribution is 2.08. The van der Waals surface area contributed by atoms with Crippen LogP contribution in [0.2, 0.25) is 0 Å². The fourth-order valence-electron chi connectivity index (χ4n) is 0.724. The van der Waals surface area contributed by atoms with Gasteiger partial charge >= 0.3 is 0 Å². The lowest BCUT2D eigenvalue weighted by Crippen LogP contribution is -2.17. The maximum Gasteiger partial charge on any atom is 0.154 e. The van der Waals surface area contributed by atoms with E-state index in [0.717, 1.165) is 25.9 Å². The number of hydrogen-bond acceptors (Lipinski definition) is 2. The second-order valence-corrected chi connectivity index (χ2v) is 1.82. The van der Waals surface area contributed by atoms with Gasteiger partial charge in [0, 0.05) is 6.61 Å². The van der Waals surface area contributed by atoms with Gasteiger partial charge in [-0.3, -0.25) is 0 Å². The molecule has 2 heteroatoms. The summed E-state index contributed by atoms with van der Waals surface area (Å²) in [5, 5.41) is 8.69. The molecule has 1 rings (SSSR count). The molecule has 9 heavy (non-hydrogen) atoms. The van der Waals surface area contributed by atoms with Crippen LogP contribution in [0.15, 0.2) is 13.2 Å². The van der Waals surface area contributed by atoms with E-state index in [1.165, 1.54) is 0 Å². The molecule has 1 atom stereocenters. The zero-order valence-electron chi connectivity index (χ0n) is 5.68. The Kier molecular flexibility index (Phi) is 5.57. The Morgan fingerprint density at radius 3 is 2.22 bits per heavy atom. The minimum Gasteiger partial charge on any atom is -0.368 e. The van der Waals surface area contributed by atoms with Gasteiger partial charge in [0.2, 0.25) is 0 Å². The van der Waals surface area contributed by atoms with Gasteiger partial charge in [0.15, 0.2) is 6.29 Å². The van der Waals surface area contributed by atoms with Crippen LogP contribution in [-0.4, -0.2) is 18.0 Å². The third kappa shape index (κ3) is 4.18. The van der Waals surface area contributed by atoms with Crippen molar-refractivity contribution in [1.82, 2.24) is 0 Å². The van der Waals surface area contributed by atoms with Crippen molar-refractivity contribution in [1.29, 1.82) is 0 Å². The molecule has 0 saturated carbocycles. The van der Waals surface area contributed by atoms with Gasteiger partial charge in [-0.25, -0.2) is 0 Å². The summed E-state index contributed by atoms with van der Waals surface area (Å²) in [7, 11) is 0. The average molecular weight is 130 g/mol. The van der Waals surface area contributed by atoms with E-state index in [2.05, 4.69) is 13.2 Å². The Labute approximate surface area is 56.1 Å². The summed E-state index contributed by atoms with van der Waals surface area (Å²) in [6.45, 7) is 6.74. The first-order chi connectivity index (χ1) is 4.39. The minimum absolute atomic E-state index is 0.464. The van der Waals surface area contributed by atoms with Gasteiger partial charge < -0.3 is 9.84 Å². The molecule has 0 radical (unpaired) electrons. The van der Waals surface area contributed by atoms with E-state index in [1.807, 2.05) is 0 Å². The topological polar surface area (TPSA) is 29.5 Å². The Bertz CT molecular complexity index is 57.9. The largest absolute Gasteiger partial charge is 0.368 e. The van der Waals surface area contributed by atoms with Crippen molar-refractivity contribution >= 4 is 0 Å². The summed E-state index contributed by atoms with van der Waals surface area (Å²) in [6, 6.07) is 0. The minimum atomic E-state index is -0.464. The lowest BCUT2D eigenvalue weighted by molar-refractivity contribution is -0.123. The SMILES string of the molecule is C=C.O[C@@H]1CCCCO1. The molecule has 0 aromatic heterocycles. The molecule has 0 unspecified atom stereocenters. The van der Waals surface area contributed by atoms with Gasteiger partial charge in [0.25, 0.3) is 0 Å². The summed E-state index contributed by atoms with van der Waals surface area (Å²) in [6.07, 6.45) is 2.58. The van der Waals surface area contributed by atoms with Crippen molar-refractivity contribution in [2.75, 3.05) is 6.61 Å². The molecule has 0 aliphatic carbocycles. The van der Waals surface area contributed by atoms with Crippen molar-refractivity contribution in [2.24, 2.45) is 0 Å². The Balaban J connectivity index is 0.000000291. The van der Waals surface area contributed by atoms with E-state index >= 15 is 0 Å². The molecule has 1 heterocycles. The van der Waals surface area contributed by atoms with Gasteiger partial charge in [-0.05, 0) is 19.3 Å². The van der Waals surface area contributed by atoms with Gasteiger partial charge in [-0.2, -0.15) is 0 Å². The first-order valence-corrected chi connectivity index (χ1v) is 3.19. The van der Waals surface area contributed by atoms with E-state index in [1.54, 1.807) is 0 Å². The van der Waals surface area contributed by atoms with Gasteiger partial charge in [0.1, 0.15) is 0 Å².